The third-order valence-corrected chi connectivity index (χ3v) is 3.94. The van der Waals surface area contributed by atoms with E-state index in [1.807, 2.05) is 37.3 Å². The summed E-state index contributed by atoms with van der Waals surface area (Å²) in [6.45, 7) is 2.60. The molecule has 0 aliphatic heterocycles. The Kier molecular flexibility index (Phi) is 3.93. The summed E-state index contributed by atoms with van der Waals surface area (Å²) >= 11 is 0. The molecule has 3 heteroatoms. The predicted molar refractivity (Wildman–Crippen MR) is 83.0 cm³/mol. The summed E-state index contributed by atoms with van der Waals surface area (Å²) in [7, 11) is 1.66. The lowest BCUT2D eigenvalue weighted by molar-refractivity contribution is 0.412. The molecule has 110 valence electrons. The molecule has 0 unspecified atom stereocenters. The Balaban J connectivity index is 1.81. The summed E-state index contributed by atoms with van der Waals surface area (Å²) in [5, 5.41) is 3.34. The maximum atomic E-state index is 14.2. The summed E-state index contributed by atoms with van der Waals surface area (Å²) in [6.07, 6.45) is 2.43. The first-order valence-electron chi connectivity index (χ1n) is 7.34. The zero-order valence-electron chi connectivity index (χ0n) is 12.4. The lowest BCUT2D eigenvalue weighted by Gasteiger charge is -2.10. The number of benzene rings is 2. The molecule has 2 aromatic carbocycles. The van der Waals surface area contributed by atoms with Gasteiger partial charge in [0.05, 0.1) is 7.11 Å². The number of hydrogen-bond acceptors (Lipinski definition) is 2. The monoisotopic (exact) mass is 285 g/mol. The van der Waals surface area contributed by atoms with Gasteiger partial charge in [-0.2, -0.15) is 0 Å². The quantitative estimate of drug-likeness (QED) is 0.894. The molecule has 1 aliphatic carbocycles. The first-order valence-corrected chi connectivity index (χ1v) is 7.34. The summed E-state index contributed by atoms with van der Waals surface area (Å²) in [6, 6.07) is 12.0. The van der Waals surface area contributed by atoms with Crippen molar-refractivity contribution >= 4 is 0 Å². The van der Waals surface area contributed by atoms with Crippen LogP contribution in [0.25, 0.3) is 11.1 Å². The van der Waals surface area contributed by atoms with Gasteiger partial charge in [0.2, 0.25) is 0 Å². The molecule has 1 saturated carbocycles. The van der Waals surface area contributed by atoms with Gasteiger partial charge in [-0.15, -0.1) is 0 Å². The average Bonchev–Trinajstić information content (AvgIpc) is 3.30. The lowest BCUT2D eigenvalue weighted by Crippen LogP contribution is -2.16. The molecule has 3 rings (SSSR count). The van der Waals surface area contributed by atoms with Gasteiger partial charge in [-0.25, -0.2) is 4.39 Å². The summed E-state index contributed by atoms with van der Waals surface area (Å²) in [5.41, 5.74) is 3.69. The zero-order valence-corrected chi connectivity index (χ0v) is 12.4. The molecule has 0 bridgehead atoms. The molecule has 2 nitrogen and oxygen atoms in total. The molecule has 0 aromatic heterocycles. The molecule has 2 aromatic rings. The SMILES string of the molecule is COc1ccc(-c2ccc(CNC3CC3)c(F)c2)cc1C. The normalized spacial score (nSPS) is 14.2. The van der Waals surface area contributed by atoms with Crippen molar-refractivity contribution in [1.29, 1.82) is 0 Å². The lowest BCUT2D eigenvalue weighted by atomic mass is 10.0. The fourth-order valence-corrected chi connectivity index (χ4v) is 2.47. The minimum atomic E-state index is -0.144. The standard InChI is InChI=1S/C18H20FNO/c1-12-9-13(5-8-18(12)21-2)14-3-4-15(17(19)10-14)11-20-16-6-7-16/h3-5,8-10,16,20H,6-7,11H2,1-2H3. The third kappa shape index (κ3) is 3.24. The topological polar surface area (TPSA) is 21.3 Å². The van der Waals surface area contributed by atoms with Crippen LogP contribution >= 0.6 is 0 Å². The third-order valence-electron chi connectivity index (χ3n) is 3.94. The van der Waals surface area contributed by atoms with Crippen molar-refractivity contribution in [2.45, 2.75) is 32.4 Å². The Morgan fingerprint density at radius 3 is 2.48 bits per heavy atom. The minimum Gasteiger partial charge on any atom is -0.496 e. The molecule has 1 N–H and O–H groups in total. The maximum absolute atomic E-state index is 14.2. The number of ether oxygens (including phenoxy) is 1. The molecule has 21 heavy (non-hydrogen) atoms. The average molecular weight is 285 g/mol. The molecular formula is C18H20FNO. The van der Waals surface area contributed by atoms with E-state index in [9.17, 15) is 4.39 Å². The van der Waals surface area contributed by atoms with E-state index in [0.717, 1.165) is 28.0 Å². The van der Waals surface area contributed by atoms with E-state index in [1.165, 1.54) is 12.8 Å². The number of methoxy groups -OCH3 is 1. The van der Waals surface area contributed by atoms with Crippen LogP contribution in [0.5, 0.6) is 5.75 Å². The van der Waals surface area contributed by atoms with Gasteiger partial charge < -0.3 is 10.1 Å². The second-order valence-corrected chi connectivity index (χ2v) is 5.65. The Morgan fingerprint density at radius 1 is 1.14 bits per heavy atom. The van der Waals surface area contributed by atoms with Crippen LogP contribution in [-0.4, -0.2) is 13.2 Å². The van der Waals surface area contributed by atoms with Crippen LogP contribution < -0.4 is 10.1 Å². The van der Waals surface area contributed by atoms with Crippen molar-refractivity contribution in [2.24, 2.45) is 0 Å². The molecule has 0 spiro atoms. The molecule has 0 saturated heterocycles. The highest BCUT2D eigenvalue weighted by Gasteiger charge is 2.20. The first-order chi connectivity index (χ1) is 10.2. The van der Waals surface area contributed by atoms with Crippen LogP contribution in [-0.2, 0) is 6.54 Å². The Morgan fingerprint density at radius 2 is 1.86 bits per heavy atom. The largest absolute Gasteiger partial charge is 0.496 e. The van der Waals surface area contributed by atoms with Gasteiger partial charge >= 0.3 is 0 Å². The highest BCUT2D eigenvalue weighted by molar-refractivity contribution is 5.66. The van der Waals surface area contributed by atoms with E-state index in [2.05, 4.69) is 5.32 Å². The number of aryl methyl sites for hydroxylation is 1. The minimum absolute atomic E-state index is 0.144. The van der Waals surface area contributed by atoms with Gasteiger partial charge in [-0.3, -0.25) is 0 Å². The number of hydrogen-bond donors (Lipinski definition) is 1. The fraction of sp³-hybridized carbons (Fsp3) is 0.333. The highest BCUT2D eigenvalue weighted by atomic mass is 19.1. The second kappa shape index (κ2) is 5.86. The van der Waals surface area contributed by atoms with E-state index in [4.69, 9.17) is 4.74 Å². The van der Waals surface area contributed by atoms with Crippen molar-refractivity contribution < 1.29 is 9.13 Å². The van der Waals surface area contributed by atoms with Crippen molar-refractivity contribution in [2.75, 3.05) is 7.11 Å². The number of nitrogens with one attached hydrogen (secondary N) is 1. The van der Waals surface area contributed by atoms with Crippen LogP contribution in [0, 0.1) is 12.7 Å². The highest BCUT2D eigenvalue weighted by Crippen LogP contribution is 2.27. The molecule has 1 aliphatic rings. The van der Waals surface area contributed by atoms with Crippen molar-refractivity contribution in [1.82, 2.24) is 5.32 Å². The summed E-state index contributed by atoms with van der Waals surface area (Å²) in [4.78, 5) is 0. The number of halogens is 1. The van der Waals surface area contributed by atoms with Crippen molar-refractivity contribution in [3.63, 3.8) is 0 Å². The molecule has 0 radical (unpaired) electrons. The first kappa shape index (κ1) is 14.1. The van der Waals surface area contributed by atoms with Crippen LogP contribution in [0.15, 0.2) is 36.4 Å². The van der Waals surface area contributed by atoms with E-state index in [0.29, 0.717) is 12.6 Å². The van der Waals surface area contributed by atoms with Gasteiger partial charge in [-0.1, -0.05) is 18.2 Å². The van der Waals surface area contributed by atoms with Gasteiger partial charge in [0.25, 0.3) is 0 Å². The fourth-order valence-electron chi connectivity index (χ4n) is 2.47. The van der Waals surface area contributed by atoms with Crippen LogP contribution in [0.4, 0.5) is 4.39 Å². The predicted octanol–water partition coefficient (Wildman–Crippen LogP) is 4.06. The van der Waals surface area contributed by atoms with E-state index < -0.39 is 0 Å². The smallest absolute Gasteiger partial charge is 0.128 e. The second-order valence-electron chi connectivity index (χ2n) is 5.65. The maximum Gasteiger partial charge on any atom is 0.128 e. The van der Waals surface area contributed by atoms with Gasteiger partial charge in [0, 0.05) is 18.2 Å². The summed E-state index contributed by atoms with van der Waals surface area (Å²) < 4.78 is 19.4. The van der Waals surface area contributed by atoms with Crippen LogP contribution in [0.2, 0.25) is 0 Å². The van der Waals surface area contributed by atoms with Crippen LogP contribution in [0.3, 0.4) is 0 Å². The van der Waals surface area contributed by atoms with Crippen molar-refractivity contribution in [3.05, 3.63) is 53.3 Å². The Hall–Kier alpha value is -1.87. The molecular weight excluding hydrogens is 265 g/mol. The Bertz CT molecular complexity index is 650. The van der Waals surface area contributed by atoms with E-state index >= 15 is 0 Å². The number of rotatable bonds is 5. The van der Waals surface area contributed by atoms with Crippen molar-refractivity contribution in [3.8, 4) is 16.9 Å². The van der Waals surface area contributed by atoms with Gasteiger partial charge in [0.1, 0.15) is 11.6 Å². The van der Waals surface area contributed by atoms with Gasteiger partial charge in [-0.05, 0) is 54.7 Å². The van der Waals surface area contributed by atoms with E-state index in [1.54, 1.807) is 13.2 Å². The molecule has 0 atom stereocenters. The van der Waals surface area contributed by atoms with Crippen LogP contribution in [0.1, 0.15) is 24.0 Å². The Labute approximate surface area is 125 Å². The molecule has 0 amide bonds. The summed E-state index contributed by atoms with van der Waals surface area (Å²) in [5.74, 6) is 0.707. The molecule has 1 fully saturated rings. The molecule has 0 heterocycles. The zero-order chi connectivity index (χ0) is 14.8. The van der Waals surface area contributed by atoms with Gasteiger partial charge in [0.15, 0.2) is 0 Å². The van der Waals surface area contributed by atoms with E-state index in [-0.39, 0.29) is 5.82 Å².